The standard InChI is InChI=1S/C13H11NO7/c1-19-11-3-2-9(6-10(11)14(17)18)21-7-8-4-5-20-12(8)13(15)16/h2-6H,7H2,1H3,(H,15,16). The monoisotopic (exact) mass is 293 g/mol. The van der Waals surface area contributed by atoms with Gasteiger partial charge in [-0.15, -0.1) is 0 Å². The Morgan fingerprint density at radius 1 is 1.43 bits per heavy atom. The van der Waals surface area contributed by atoms with Crippen LogP contribution in [-0.2, 0) is 6.61 Å². The van der Waals surface area contributed by atoms with Crippen molar-refractivity contribution in [2.75, 3.05) is 7.11 Å². The van der Waals surface area contributed by atoms with Crippen molar-refractivity contribution in [3.63, 3.8) is 0 Å². The number of rotatable bonds is 6. The van der Waals surface area contributed by atoms with Crippen molar-refractivity contribution in [3.8, 4) is 11.5 Å². The van der Waals surface area contributed by atoms with Gasteiger partial charge in [-0.1, -0.05) is 0 Å². The fourth-order valence-corrected chi connectivity index (χ4v) is 1.70. The number of ether oxygens (including phenoxy) is 2. The number of methoxy groups -OCH3 is 1. The number of nitro groups is 1. The third-order valence-corrected chi connectivity index (χ3v) is 2.68. The van der Waals surface area contributed by atoms with Gasteiger partial charge in [-0.05, 0) is 18.2 Å². The molecule has 0 fully saturated rings. The molecular formula is C13H11NO7. The summed E-state index contributed by atoms with van der Waals surface area (Å²) in [6, 6.07) is 5.56. The average Bonchev–Trinajstić information content (AvgIpc) is 2.93. The molecule has 0 aliphatic carbocycles. The van der Waals surface area contributed by atoms with Crippen LogP contribution < -0.4 is 9.47 Å². The van der Waals surface area contributed by atoms with E-state index in [0.29, 0.717) is 5.56 Å². The highest BCUT2D eigenvalue weighted by Crippen LogP contribution is 2.31. The summed E-state index contributed by atoms with van der Waals surface area (Å²) in [4.78, 5) is 21.2. The Hall–Kier alpha value is -3.03. The van der Waals surface area contributed by atoms with Gasteiger partial charge in [0.2, 0.25) is 5.76 Å². The molecule has 21 heavy (non-hydrogen) atoms. The third-order valence-electron chi connectivity index (χ3n) is 2.68. The summed E-state index contributed by atoms with van der Waals surface area (Å²) in [6.07, 6.45) is 1.23. The lowest BCUT2D eigenvalue weighted by Gasteiger charge is -2.07. The van der Waals surface area contributed by atoms with E-state index >= 15 is 0 Å². The number of benzene rings is 1. The molecule has 0 amide bonds. The number of hydrogen-bond acceptors (Lipinski definition) is 6. The smallest absolute Gasteiger partial charge is 0.372 e. The van der Waals surface area contributed by atoms with E-state index in [2.05, 4.69) is 0 Å². The molecule has 1 aromatic carbocycles. The number of nitrogens with zero attached hydrogens (tertiary/aromatic N) is 1. The van der Waals surface area contributed by atoms with Crippen LogP contribution in [0.2, 0.25) is 0 Å². The van der Waals surface area contributed by atoms with Crippen LogP contribution >= 0.6 is 0 Å². The molecule has 2 aromatic rings. The largest absolute Gasteiger partial charge is 0.490 e. The summed E-state index contributed by atoms with van der Waals surface area (Å²) in [5.74, 6) is -1.10. The summed E-state index contributed by atoms with van der Waals surface area (Å²) >= 11 is 0. The van der Waals surface area contributed by atoms with Gasteiger partial charge in [0.1, 0.15) is 12.4 Å². The molecule has 0 radical (unpaired) electrons. The van der Waals surface area contributed by atoms with Crippen LogP contribution in [0.5, 0.6) is 11.5 Å². The van der Waals surface area contributed by atoms with Crippen LogP contribution in [0.25, 0.3) is 0 Å². The molecule has 0 saturated heterocycles. The highest BCUT2D eigenvalue weighted by molar-refractivity contribution is 5.86. The second kappa shape index (κ2) is 5.95. The highest BCUT2D eigenvalue weighted by atomic mass is 16.6. The number of hydrogen-bond donors (Lipinski definition) is 1. The first kappa shape index (κ1) is 14.4. The predicted octanol–water partition coefficient (Wildman–Crippen LogP) is 2.47. The number of carbonyl (C=O) groups is 1. The van der Waals surface area contributed by atoms with E-state index in [-0.39, 0.29) is 29.6 Å². The van der Waals surface area contributed by atoms with Gasteiger partial charge in [0.25, 0.3) is 0 Å². The Labute approximate surface area is 118 Å². The molecule has 0 aliphatic rings. The Balaban J connectivity index is 2.17. The molecule has 0 spiro atoms. The molecule has 1 aromatic heterocycles. The molecular weight excluding hydrogens is 282 g/mol. The van der Waals surface area contributed by atoms with Crippen molar-refractivity contribution in [3.05, 3.63) is 52.0 Å². The van der Waals surface area contributed by atoms with E-state index in [4.69, 9.17) is 19.0 Å². The second-order valence-corrected chi connectivity index (χ2v) is 3.96. The zero-order chi connectivity index (χ0) is 15.4. The molecule has 8 heteroatoms. The number of carboxylic acids is 1. The predicted molar refractivity (Wildman–Crippen MR) is 69.6 cm³/mol. The fourth-order valence-electron chi connectivity index (χ4n) is 1.70. The molecule has 0 saturated carbocycles. The van der Waals surface area contributed by atoms with E-state index in [1.807, 2.05) is 0 Å². The summed E-state index contributed by atoms with van der Waals surface area (Å²) in [7, 11) is 1.33. The summed E-state index contributed by atoms with van der Waals surface area (Å²) in [5.41, 5.74) is 0.0987. The highest BCUT2D eigenvalue weighted by Gasteiger charge is 2.17. The van der Waals surface area contributed by atoms with Gasteiger partial charge in [0.05, 0.1) is 24.4 Å². The average molecular weight is 293 g/mol. The van der Waals surface area contributed by atoms with Crippen molar-refractivity contribution < 1.29 is 28.7 Å². The van der Waals surface area contributed by atoms with E-state index in [1.165, 1.54) is 37.6 Å². The van der Waals surface area contributed by atoms with Crippen LogP contribution in [0.1, 0.15) is 16.1 Å². The van der Waals surface area contributed by atoms with Crippen molar-refractivity contribution in [1.29, 1.82) is 0 Å². The number of aromatic carboxylic acids is 1. The van der Waals surface area contributed by atoms with Crippen LogP contribution in [0.4, 0.5) is 5.69 Å². The molecule has 1 N–H and O–H groups in total. The minimum Gasteiger partial charge on any atom is -0.490 e. The van der Waals surface area contributed by atoms with E-state index in [0.717, 1.165) is 0 Å². The molecule has 110 valence electrons. The van der Waals surface area contributed by atoms with Crippen molar-refractivity contribution >= 4 is 11.7 Å². The van der Waals surface area contributed by atoms with Crippen LogP contribution in [0.3, 0.4) is 0 Å². The molecule has 2 rings (SSSR count). The maximum atomic E-state index is 10.9. The van der Waals surface area contributed by atoms with Gasteiger partial charge in [-0.25, -0.2) is 4.79 Å². The number of furan rings is 1. The number of nitro benzene ring substituents is 1. The van der Waals surface area contributed by atoms with Crippen LogP contribution in [-0.4, -0.2) is 23.1 Å². The summed E-state index contributed by atoms with van der Waals surface area (Å²) < 4.78 is 15.0. The molecule has 0 bridgehead atoms. The van der Waals surface area contributed by atoms with Gasteiger partial charge in [0.15, 0.2) is 5.75 Å². The van der Waals surface area contributed by atoms with Crippen LogP contribution in [0, 0.1) is 10.1 Å². The Bertz CT molecular complexity index is 677. The van der Waals surface area contributed by atoms with Gasteiger partial charge >= 0.3 is 11.7 Å². The minimum absolute atomic E-state index is 0.0817. The van der Waals surface area contributed by atoms with Gasteiger partial charge in [-0.2, -0.15) is 0 Å². The Morgan fingerprint density at radius 3 is 2.81 bits per heavy atom. The zero-order valence-electron chi connectivity index (χ0n) is 10.9. The first-order chi connectivity index (χ1) is 10.0. The maximum absolute atomic E-state index is 10.9. The molecule has 8 nitrogen and oxygen atoms in total. The van der Waals surface area contributed by atoms with Gasteiger partial charge in [-0.3, -0.25) is 10.1 Å². The maximum Gasteiger partial charge on any atom is 0.372 e. The van der Waals surface area contributed by atoms with Crippen molar-refractivity contribution in [1.82, 2.24) is 0 Å². The van der Waals surface area contributed by atoms with Crippen molar-refractivity contribution in [2.24, 2.45) is 0 Å². The topological polar surface area (TPSA) is 112 Å². The molecule has 0 aliphatic heterocycles. The SMILES string of the molecule is COc1ccc(OCc2ccoc2C(=O)O)cc1[N+](=O)[O-]. The lowest BCUT2D eigenvalue weighted by atomic mass is 10.2. The lowest BCUT2D eigenvalue weighted by Crippen LogP contribution is -2.03. The van der Waals surface area contributed by atoms with E-state index in [9.17, 15) is 14.9 Å². The first-order valence-electron chi connectivity index (χ1n) is 5.78. The summed E-state index contributed by atoms with van der Waals surface area (Å²) in [5, 5.41) is 19.8. The quantitative estimate of drug-likeness (QED) is 0.643. The van der Waals surface area contributed by atoms with E-state index in [1.54, 1.807) is 0 Å². The normalized spacial score (nSPS) is 10.1. The zero-order valence-corrected chi connectivity index (χ0v) is 10.9. The fraction of sp³-hybridized carbons (Fsp3) is 0.154. The summed E-state index contributed by atoms with van der Waals surface area (Å²) in [6.45, 7) is -0.0817. The van der Waals surface area contributed by atoms with Gasteiger partial charge in [0, 0.05) is 5.56 Å². The minimum atomic E-state index is -1.21. The van der Waals surface area contributed by atoms with Gasteiger partial charge < -0.3 is 19.0 Å². The molecule has 0 unspecified atom stereocenters. The molecule has 1 heterocycles. The lowest BCUT2D eigenvalue weighted by molar-refractivity contribution is -0.385. The van der Waals surface area contributed by atoms with Crippen LogP contribution in [0.15, 0.2) is 34.9 Å². The Kier molecular flexibility index (Phi) is 4.07. The van der Waals surface area contributed by atoms with Crippen molar-refractivity contribution in [2.45, 2.75) is 6.61 Å². The molecule has 0 atom stereocenters. The number of carboxylic acid groups (broad SMARTS) is 1. The third kappa shape index (κ3) is 3.11. The first-order valence-corrected chi connectivity index (χ1v) is 5.78. The van der Waals surface area contributed by atoms with E-state index < -0.39 is 10.9 Å². The Morgan fingerprint density at radius 2 is 2.19 bits per heavy atom. The second-order valence-electron chi connectivity index (χ2n) is 3.96.